The van der Waals surface area contributed by atoms with Crippen LogP contribution in [-0.2, 0) is 11.2 Å². The number of ether oxygens (including phenoxy) is 1. The predicted molar refractivity (Wildman–Crippen MR) is 101 cm³/mol. The van der Waals surface area contributed by atoms with Crippen molar-refractivity contribution in [1.82, 2.24) is 0 Å². The van der Waals surface area contributed by atoms with Crippen molar-refractivity contribution < 1.29 is 14.3 Å². The van der Waals surface area contributed by atoms with Crippen LogP contribution in [0.5, 0.6) is 5.75 Å². The van der Waals surface area contributed by atoms with Gasteiger partial charge in [-0.05, 0) is 49.4 Å². The highest BCUT2D eigenvalue weighted by Gasteiger charge is 2.22. The largest absolute Gasteiger partial charge is 0.496 e. The number of Topliss-reactive ketones (excluding diaryl/α,β-unsaturated/α-hetero) is 1. The smallest absolute Gasteiger partial charge is 0.231 e. The van der Waals surface area contributed by atoms with E-state index in [-0.39, 0.29) is 18.1 Å². The van der Waals surface area contributed by atoms with Crippen LogP contribution in [0.3, 0.4) is 0 Å². The van der Waals surface area contributed by atoms with E-state index in [0.29, 0.717) is 17.9 Å². The highest BCUT2D eigenvalue weighted by Crippen LogP contribution is 2.34. The van der Waals surface area contributed by atoms with Crippen molar-refractivity contribution in [3.05, 3.63) is 53.6 Å². The first-order chi connectivity index (χ1) is 12.1. The van der Waals surface area contributed by atoms with Gasteiger partial charge in [-0.3, -0.25) is 9.59 Å². The Morgan fingerprint density at radius 2 is 2.00 bits per heavy atom. The average Bonchev–Trinajstić information content (AvgIpc) is 2.84. The molecule has 0 atom stereocenters. The third kappa shape index (κ3) is 3.87. The summed E-state index contributed by atoms with van der Waals surface area (Å²) >= 11 is 1.79. The molecule has 1 amide bonds. The summed E-state index contributed by atoms with van der Waals surface area (Å²) in [7, 11) is 1.58. The molecular formula is C20H21NO3S. The van der Waals surface area contributed by atoms with E-state index < -0.39 is 0 Å². The van der Waals surface area contributed by atoms with Crippen molar-refractivity contribution in [3.63, 3.8) is 0 Å². The van der Waals surface area contributed by atoms with Gasteiger partial charge < -0.3 is 9.64 Å². The topological polar surface area (TPSA) is 46.6 Å². The molecule has 5 heteroatoms. The van der Waals surface area contributed by atoms with Gasteiger partial charge in [-0.15, -0.1) is 11.8 Å². The lowest BCUT2D eigenvalue weighted by atomic mass is 10.0. The first-order valence-electron chi connectivity index (χ1n) is 8.30. The lowest BCUT2D eigenvalue weighted by Gasteiger charge is -2.23. The lowest BCUT2D eigenvalue weighted by molar-refractivity contribution is -0.118. The Hall–Kier alpha value is -2.27. The van der Waals surface area contributed by atoms with Gasteiger partial charge >= 0.3 is 0 Å². The fraction of sp³-hybridized carbons (Fsp3) is 0.300. The molecule has 1 aliphatic heterocycles. The maximum absolute atomic E-state index is 13.0. The third-order valence-electron chi connectivity index (χ3n) is 4.27. The van der Waals surface area contributed by atoms with Crippen LogP contribution < -0.4 is 9.64 Å². The number of carbonyl (C=O) groups is 2. The molecule has 0 saturated heterocycles. The number of hydrogen-bond donors (Lipinski definition) is 0. The molecule has 1 aliphatic rings. The van der Waals surface area contributed by atoms with Gasteiger partial charge in [0, 0.05) is 22.6 Å². The van der Waals surface area contributed by atoms with Gasteiger partial charge in [-0.25, -0.2) is 0 Å². The molecule has 3 rings (SSSR count). The number of anilines is 1. The predicted octanol–water partition coefficient (Wildman–Crippen LogP) is 3.97. The Morgan fingerprint density at radius 1 is 1.20 bits per heavy atom. The van der Waals surface area contributed by atoms with E-state index in [1.54, 1.807) is 37.1 Å². The summed E-state index contributed by atoms with van der Waals surface area (Å²) in [6, 6.07) is 13.3. The Kier molecular flexibility index (Phi) is 5.43. The summed E-state index contributed by atoms with van der Waals surface area (Å²) in [5, 5.41) is 0. The van der Waals surface area contributed by atoms with Crippen molar-refractivity contribution in [2.24, 2.45) is 0 Å². The number of thioether (sulfide) groups is 1. The van der Waals surface area contributed by atoms with E-state index >= 15 is 0 Å². The van der Waals surface area contributed by atoms with Crippen LogP contribution in [0.4, 0.5) is 5.69 Å². The molecular weight excluding hydrogens is 334 g/mol. The van der Waals surface area contributed by atoms with Gasteiger partial charge in [-0.1, -0.05) is 12.1 Å². The van der Waals surface area contributed by atoms with Crippen molar-refractivity contribution in [2.75, 3.05) is 24.3 Å². The van der Waals surface area contributed by atoms with E-state index in [4.69, 9.17) is 4.74 Å². The number of nitrogens with zero attached hydrogens (tertiary/aromatic N) is 1. The second-order valence-electron chi connectivity index (χ2n) is 5.97. The Morgan fingerprint density at radius 3 is 2.76 bits per heavy atom. The minimum Gasteiger partial charge on any atom is -0.496 e. The fourth-order valence-electron chi connectivity index (χ4n) is 2.98. The first-order valence-corrected chi connectivity index (χ1v) is 9.28. The molecule has 1 heterocycles. The minimum atomic E-state index is -0.0205. The van der Waals surface area contributed by atoms with Crippen LogP contribution in [-0.4, -0.2) is 31.1 Å². The number of amides is 1. The van der Waals surface area contributed by atoms with Crippen LogP contribution in [0, 0.1) is 0 Å². The summed E-state index contributed by atoms with van der Waals surface area (Å²) in [6.07, 6.45) is 1.17. The lowest BCUT2D eigenvalue weighted by Crippen LogP contribution is -2.33. The molecule has 0 saturated carbocycles. The molecule has 0 fully saturated rings. The van der Waals surface area contributed by atoms with Crippen molar-refractivity contribution in [3.8, 4) is 5.75 Å². The molecule has 0 N–H and O–H groups in total. The first kappa shape index (κ1) is 17.5. The third-order valence-corrected chi connectivity index (χ3v) is 5.42. The number of fused-ring (bicyclic) bond motifs is 1. The zero-order valence-electron chi connectivity index (χ0n) is 14.5. The Balaban J connectivity index is 1.90. The molecule has 2 aromatic carbocycles. The molecule has 25 heavy (non-hydrogen) atoms. The normalized spacial score (nSPS) is 13.8. The number of methoxy groups -OCH3 is 1. The van der Waals surface area contributed by atoms with Crippen LogP contribution in [0.2, 0.25) is 0 Å². The molecule has 0 unspecified atom stereocenters. The molecule has 0 radical (unpaired) electrons. The average molecular weight is 355 g/mol. The second-order valence-corrected chi connectivity index (χ2v) is 7.11. The SMILES string of the molecule is COc1ccc(C(C)=O)cc1CC(=O)N1CCCSc2ccccc21. The van der Waals surface area contributed by atoms with E-state index in [1.807, 2.05) is 23.1 Å². The van der Waals surface area contributed by atoms with Gasteiger partial charge in [0.05, 0.1) is 19.2 Å². The summed E-state index contributed by atoms with van der Waals surface area (Å²) in [5.41, 5.74) is 2.31. The van der Waals surface area contributed by atoms with Crippen molar-refractivity contribution in [2.45, 2.75) is 24.7 Å². The summed E-state index contributed by atoms with van der Waals surface area (Å²) in [6.45, 7) is 2.23. The minimum absolute atomic E-state index is 0.0205. The fourth-order valence-corrected chi connectivity index (χ4v) is 3.97. The standard InChI is InChI=1S/C20H21NO3S/c1-14(22)15-8-9-18(24-2)16(12-15)13-20(23)21-10-5-11-25-19-7-4-3-6-17(19)21/h3-4,6-9,12H,5,10-11,13H2,1-2H3. The highest BCUT2D eigenvalue weighted by atomic mass is 32.2. The molecule has 0 bridgehead atoms. The van der Waals surface area contributed by atoms with Gasteiger partial charge in [0.25, 0.3) is 0 Å². The molecule has 4 nitrogen and oxygen atoms in total. The number of benzene rings is 2. The van der Waals surface area contributed by atoms with E-state index in [1.165, 1.54) is 6.92 Å². The summed E-state index contributed by atoms with van der Waals surface area (Å²) < 4.78 is 5.38. The van der Waals surface area contributed by atoms with Crippen LogP contribution in [0.25, 0.3) is 0 Å². The zero-order valence-corrected chi connectivity index (χ0v) is 15.3. The second kappa shape index (κ2) is 7.74. The maximum atomic E-state index is 13.0. The van der Waals surface area contributed by atoms with Gasteiger partial charge in [0.1, 0.15) is 5.75 Å². The van der Waals surface area contributed by atoms with Gasteiger partial charge in [0.2, 0.25) is 5.91 Å². The number of ketones is 1. The van der Waals surface area contributed by atoms with Crippen LogP contribution >= 0.6 is 11.8 Å². The van der Waals surface area contributed by atoms with Crippen molar-refractivity contribution in [1.29, 1.82) is 0 Å². The zero-order chi connectivity index (χ0) is 17.8. The molecule has 0 spiro atoms. The van der Waals surface area contributed by atoms with Crippen molar-refractivity contribution >= 4 is 29.1 Å². The molecule has 130 valence electrons. The Bertz CT molecular complexity index is 803. The van der Waals surface area contributed by atoms with E-state index in [0.717, 1.165) is 28.3 Å². The quantitative estimate of drug-likeness (QED) is 0.779. The number of hydrogen-bond acceptors (Lipinski definition) is 4. The number of rotatable bonds is 4. The molecule has 2 aromatic rings. The van der Waals surface area contributed by atoms with Crippen LogP contribution in [0.1, 0.15) is 29.3 Å². The Labute approximate surface area is 152 Å². The summed E-state index contributed by atoms with van der Waals surface area (Å²) in [5.74, 6) is 1.64. The highest BCUT2D eigenvalue weighted by molar-refractivity contribution is 7.99. The maximum Gasteiger partial charge on any atom is 0.231 e. The van der Waals surface area contributed by atoms with E-state index in [2.05, 4.69) is 6.07 Å². The number of carbonyl (C=O) groups excluding carboxylic acids is 2. The van der Waals surface area contributed by atoms with Gasteiger partial charge in [0.15, 0.2) is 5.78 Å². The molecule has 0 aliphatic carbocycles. The monoisotopic (exact) mass is 355 g/mol. The summed E-state index contributed by atoms with van der Waals surface area (Å²) in [4.78, 5) is 27.7. The number of para-hydroxylation sites is 1. The van der Waals surface area contributed by atoms with Crippen LogP contribution in [0.15, 0.2) is 47.4 Å². The van der Waals surface area contributed by atoms with Gasteiger partial charge in [-0.2, -0.15) is 0 Å². The molecule has 0 aromatic heterocycles. The van der Waals surface area contributed by atoms with E-state index in [9.17, 15) is 9.59 Å².